The number of rotatable bonds is 26. The fourth-order valence-corrected chi connectivity index (χ4v) is 5.97. The Morgan fingerprint density at radius 3 is 1.22 bits per heavy atom. The first-order chi connectivity index (χ1) is 29.4. The molecule has 358 valence electrons. The highest BCUT2D eigenvalue weighted by atomic mass is 16.6. The molecule has 3 unspecified atom stereocenters. The van der Waals surface area contributed by atoms with Crippen molar-refractivity contribution in [3.63, 3.8) is 0 Å². The van der Waals surface area contributed by atoms with E-state index in [4.69, 9.17) is 23.7 Å². The standard InChI is InChI=1S/C45H76N6O12/c1-43(2,3)61-39(55)46-25-17-14-22-33(28-36(52)50-35(30-38(54)59-10)24-16-19-27-48-41(57)63-45(7,8)9)49-37(53)29-34(23-15-18-26-47-40(56)62-44(4,5)6)51-42(58)60-31-32-20-12-11-13-21-32/h11-13,20-21,33-35H,14-19,22-31H2,1-10H3,(H,46,55)(H,47,56)(H,48,57)(H,49,53)(H,50,52)(H,51,58). The Balaban J connectivity index is 3.04. The van der Waals surface area contributed by atoms with Crippen LogP contribution in [0, 0.1) is 0 Å². The summed E-state index contributed by atoms with van der Waals surface area (Å²) < 4.78 is 26.2. The van der Waals surface area contributed by atoms with Crippen molar-refractivity contribution in [1.29, 1.82) is 0 Å². The second kappa shape index (κ2) is 29.1. The lowest BCUT2D eigenvalue weighted by atomic mass is 10.0. The van der Waals surface area contributed by atoms with Gasteiger partial charge in [-0.25, -0.2) is 19.2 Å². The summed E-state index contributed by atoms with van der Waals surface area (Å²) in [5.41, 5.74) is -1.14. The molecule has 18 heteroatoms. The van der Waals surface area contributed by atoms with Gasteiger partial charge in [-0.3, -0.25) is 14.4 Å². The molecule has 0 heterocycles. The van der Waals surface area contributed by atoms with Gasteiger partial charge in [0.1, 0.15) is 23.4 Å². The van der Waals surface area contributed by atoms with E-state index in [0.717, 1.165) is 5.56 Å². The van der Waals surface area contributed by atoms with Crippen molar-refractivity contribution in [2.24, 2.45) is 0 Å². The number of methoxy groups -OCH3 is 1. The van der Waals surface area contributed by atoms with E-state index in [1.54, 1.807) is 62.3 Å². The van der Waals surface area contributed by atoms with Crippen molar-refractivity contribution in [3.8, 4) is 0 Å². The SMILES string of the molecule is COC(=O)CC(CCCCNC(=O)OC(C)(C)C)NC(=O)CC(CCCCNC(=O)OC(C)(C)C)NC(=O)CC(CCCCNC(=O)OC(C)(C)C)NC(=O)OCc1ccccc1. The van der Waals surface area contributed by atoms with Crippen LogP contribution in [0.2, 0.25) is 0 Å². The molecule has 0 aliphatic rings. The molecule has 0 saturated carbocycles. The zero-order chi connectivity index (χ0) is 47.5. The minimum Gasteiger partial charge on any atom is -0.469 e. The summed E-state index contributed by atoms with van der Waals surface area (Å²) in [5.74, 6) is -1.32. The van der Waals surface area contributed by atoms with Crippen molar-refractivity contribution in [2.75, 3.05) is 26.7 Å². The van der Waals surface area contributed by atoms with Crippen LogP contribution in [-0.2, 0) is 44.7 Å². The van der Waals surface area contributed by atoms with Gasteiger partial charge in [0, 0.05) is 50.6 Å². The van der Waals surface area contributed by atoms with Gasteiger partial charge in [-0.15, -0.1) is 0 Å². The number of ether oxygens (including phenoxy) is 5. The number of hydrogen-bond acceptors (Lipinski definition) is 12. The molecule has 3 atom stereocenters. The Bertz CT molecular complexity index is 1560. The molecular weight excluding hydrogens is 817 g/mol. The molecule has 18 nitrogen and oxygen atoms in total. The summed E-state index contributed by atoms with van der Waals surface area (Å²) in [4.78, 5) is 88.7. The third-order valence-corrected chi connectivity index (χ3v) is 8.71. The maximum atomic E-state index is 13.7. The number of unbranched alkanes of at least 4 members (excludes halogenated alkanes) is 3. The van der Waals surface area contributed by atoms with Crippen molar-refractivity contribution in [2.45, 2.75) is 181 Å². The van der Waals surface area contributed by atoms with Crippen LogP contribution in [0.5, 0.6) is 0 Å². The number of carbonyl (C=O) groups is 7. The summed E-state index contributed by atoms with van der Waals surface area (Å²) in [5, 5.41) is 16.8. The Morgan fingerprint density at radius 2 is 0.857 bits per heavy atom. The van der Waals surface area contributed by atoms with Gasteiger partial charge in [-0.05, 0) is 126 Å². The molecule has 0 saturated heterocycles. The first kappa shape index (κ1) is 55.7. The van der Waals surface area contributed by atoms with Gasteiger partial charge in [0.25, 0.3) is 0 Å². The lowest BCUT2D eigenvalue weighted by Crippen LogP contribution is -2.45. The van der Waals surface area contributed by atoms with E-state index in [9.17, 15) is 33.6 Å². The molecule has 6 amide bonds. The van der Waals surface area contributed by atoms with E-state index in [-0.39, 0.29) is 25.9 Å². The lowest BCUT2D eigenvalue weighted by molar-refractivity contribution is -0.141. The van der Waals surface area contributed by atoms with Crippen LogP contribution in [0.4, 0.5) is 19.2 Å². The fraction of sp³-hybridized carbons (Fsp3) is 0.711. The van der Waals surface area contributed by atoms with E-state index in [1.807, 2.05) is 30.3 Å². The molecule has 0 aliphatic carbocycles. The summed E-state index contributed by atoms with van der Waals surface area (Å²) >= 11 is 0. The second-order valence-corrected chi connectivity index (χ2v) is 18.4. The van der Waals surface area contributed by atoms with E-state index in [1.165, 1.54) is 7.11 Å². The third-order valence-electron chi connectivity index (χ3n) is 8.71. The summed E-state index contributed by atoms with van der Waals surface area (Å²) in [6.45, 7) is 16.9. The summed E-state index contributed by atoms with van der Waals surface area (Å²) in [7, 11) is 1.27. The molecule has 63 heavy (non-hydrogen) atoms. The van der Waals surface area contributed by atoms with E-state index in [0.29, 0.717) is 77.4 Å². The van der Waals surface area contributed by atoms with Gasteiger partial charge in [-0.2, -0.15) is 0 Å². The minimum atomic E-state index is -0.700. The maximum absolute atomic E-state index is 13.7. The third kappa shape index (κ3) is 32.1. The molecule has 6 N–H and O–H groups in total. The van der Waals surface area contributed by atoms with Crippen molar-refractivity contribution >= 4 is 42.2 Å². The van der Waals surface area contributed by atoms with Crippen LogP contribution < -0.4 is 31.9 Å². The average Bonchev–Trinajstić information content (AvgIpc) is 3.14. The molecule has 1 rings (SSSR count). The van der Waals surface area contributed by atoms with Gasteiger partial charge >= 0.3 is 30.3 Å². The Morgan fingerprint density at radius 1 is 0.492 bits per heavy atom. The Labute approximate surface area is 374 Å². The number of amides is 6. The van der Waals surface area contributed by atoms with Gasteiger partial charge in [-0.1, -0.05) is 30.3 Å². The number of esters is 1. The van der Waals surface area contributed by atoms with E-state index >= 15 is 0 Å². The molecule has 1 aromatic carbocycles. The van der Waals surface area contributed by atoms with Crippen LogP contribution in [0.15, 0.2) is 30.3 Å². The van der Waals surface area contributed by atoms with E-state index in [2.05, 4.69) is 31.9 Å². The first-order valence-electron chi connectivity index (χ1n) is 22.0. The highest BCUT2D eigenvalue weighted by Gasteiger charge is 2.24. The quantitative estimate of drug-likeness (QED) is 0.0325. The van der Waals surface area contributed by atoms with Crippen LogP contribution in [0.3, 0.4) is 0 Å². The van der Waals surface area contributed by atoms with Gasteiger partial charge in [0.05, 0.1) is 13.5 Å². The summed E-state index contributed by atoms with van der Waals surface area (Å²) in [6.07, 6.45) is 1.83. The minimum absolute atomic E-state index is 0.0330. The lowest BCUT2D eigenvalue weighted by Gasteiger charge is -2.24. The molecule has 0 radical (unpaired) electrons. The summed E-state index contributed by atoms with van der Waals surface area (Å²) in [6, 6.07) is 7.31. The number of hydrogen-bond donors (Lipinski definition) is 6. The van der Waals surface area contributed by atoms with Gasteiger partial charge in [0.15, 0.2) is 0 Å². The van der Waals surface area contributed by atoms with Crippen LogP contribution in [-0.4, -0.2) is 104 Å². The fourth-order valence-electron chi connectivity index (χ4n) is 5.97. The van der Waals surface area contributed by atoms with Crippen molar-refractivity contribution in [1.82, 2.24) is 31.9 Å². The Kier molecular flexibility index (Phi) is 25.8. The van der Waals surface area contributed by atoms with Crippen LogP contribution in [0.25, 0.3) is 0 Å². The molecular formula is C45H76N6O12. The van der Waals surface area contributed by atoms with Crippen LogP contribution >= 0.6 is 0 Å². The monoisotopic (exact) mass is 893 g/mol. The normalized spacial score (nSPS) is 12.9. The highest BCUT2D eigenvalue weighted by Crippen LogP contribution is 2.14. The Hall–Kier alpha value is -5.29. The average molecular weight is 893 g/mol. The van der Waals surface area contributed by atoms with Crippen LogP contribution in [0.1, 0.15) is 145 Å². The topological polar surface area (TPSA) is 238 Å². The zero-order valence-electron chi connectivity index (χ0n) is 39.3. The molecule has 1 aromatic rings. The number of benzene rings is 1. The molecule has 0 aromatic heterocycles. The molecule has 0 spiro atoms. The van der Waals surface area contributed by atoms with Gasteiger partial charge < -0.3 is 55.6 Å². The predicted molar refractivity (Wildman–Crippen MR) is 238 cm³/mol. The molecule has 0 bridgehead atoms. The molecule has 0 fully saturated rings. The zero-order valence-corrected chi connectivity index (χ0v) is 39.3. The maximum Gasteiger partial charge on any atom is 0.407 e. The van der Waals surface area contributed by atoms with Crippen molar-refractivity contribution < 1.29 is 57.2 Å². The first-order valence-corrected chi connectivity index (χ1v) is 22.0. The van der Waals surface area contributed by atoms with Gasteiger partial charge in [0.2, 0.25) is 11.8 Å². The van der Waals surface area contributed by atoms with Crippen molar-refractivity contribution in [3.05, 3.63) is 35.9 Å². The number of alkyl carbamates (subject to hydrolysis) is 4. The highest BCUT2D eigenvalue weighted by molar-refractivity contribution is 5.81. The predicted octanol–water partition coefficient (Wildman–Crippen LogP) is 6.68. The second-order valence-electron chi connectivity index (χ2n) is 18.4. The number of carbonyl (C=O) groups excluding carboxylic acids is 7. The largest absolute Gasteiger partial charge is 0.469 e. The number of nitrogens with one attached hydrogen (secondary N) is 6. The molecule has 0 aliphatic heterocycles. The van der Waals surface area contributed by atoms with E-state index < -0.39 is 77.1 Å². The smallest absolute Gasteiger partial charge is 0.407 e.